The van der Waals surface area contributed by atoms with Crippen molar-refractivity contribution in [3.8, 4) is 0 Å². The van der Waals surface area contributed by atoms with Crippen LogP contribution in [-0.4, -0.2) is 34.8 Å². The highest BCUT2D eigenvalue weighted by atomic mass is 28.3. The number of hydrogen-bond donors (Lipinski definition) is 1. The largest absolute Gasteiger partial charge is 1.00 e. The summed E-state index contributed by atoms with van der Waals surface area (Å²) in [6, 6.07) is 0. The van der Waals surface area contributed by atoms with Gasteiger partial charge in [0.1, 0.15) is 0 Å². The fraction of sp³-hybridized carbons (Fsp3) is 1.00. The number of rotatable bonds is 2. The minimum Gasteiger partial charge on any atom is -0.436 e. The van der Waals surface area contributed by atoms with Crippen molar-refractivity contribution in [3.63, 3.8) is 0 Å². The Morgan fingerprint density at radius 1 is 1.55 bits per heavy atom. The van der Waals surface area contributed by atoms with Crippen LogP contribution < -0.4 is 0 Å². The van der Waals surface area contributed by atoms with Gasteiger partial charge in [-0.15, -0.1) is 0 Å². The molecule has 0 spiro atoms. The topological polar surface area (TPSA) is 29.5 Å². The molecule has 66 valence electrons. The van der Waals surface area contributed by atoms with Crippen molar-refractivity contribution < 1.29 is 11.0 Å². The van der Waals surface area contributed by atoms with Crippen molar-refractivity contribution in [2.45, 2.75) is 37.2 Å². The normalized spacial score (nSPS) is 33.8. The van der Waals surface area contributed by atoms with Gasteiger partial charge in [0, 0.05) is 6.61 Å². The molecule has 0 saturated carbocycles. The van der Waals surface area contributed by atoms with Crippen LogP contribution in [0.5, 0.6) is 0 Å². The molecule has 0 aromatic heterocycles. The second kappa shape index (κ2) is 3.84. The predicted octanol–water partition coefficient (Wildman–Crippen LogP) is 0.0977. The summed E-state index contributed by atoms with van der Waals surface area (Å²) in [5.74, 6) is 0. The van der Waals surface area contributed by atoms with E-state index in [1.807, 2.05) is 0 Å². The van der Waals surface area contributed by atoms with E-state index >= 15 is 0 Å². The summed E-state index contributed by atoms with van der Waals surface area (Å²) in [6.07, 6.45) is 3.59. The minimum atomic E-state index is -0.947. The molecule has 0 radical (unpaired) electrons. The second-order valence-electron chi connectivity index (χ2n) is 3.68. The van der Waals surface area contributed by atoms with Gasteiger partial charge in [-0.05, 0) is 19.3 Å². The SMILES string of the molecule is C[SiH](C)C1([SiH2]O)CCCCO1.[H+]. The van der Waals surface area contributed by atoms with Gasteiger partial charge in [0.25, 0.3) is 0 Å². The van der Waals surface area contributed by atoms with Gasteiger partial charge in [-0.1, -0.05) is 13.1 Å². The third kappa shape index (κ3) is 1.93. The zero-order valence-corrected chi connectivity index (χ0v) is 10.0. The molecule has 1 saturated heterocycles. The van der Waals surface area contributed by atoms with Gasteiger partial charge in [-0.25, -0.2) is 0 Å². The van der Waals surface area contributed by atoms with Crippen LogP contribution in [0.25, 0.3) is 0 Å². The molecule has 1 N–H and O–H groups in total. The summed E-state index contributed by atoms with van der Waals surface area (Å²) in [5, 5.41) is 0. The maximum absolute atomic E-state index is 9.36. The Labute approximate surface area is 74.0 Å². The summed E-state index contributed by atoms with van der Waals surface area (Å²) >= 11 is 0. The van der Waals surface area contributed by atoms with Gasteiger partial charge < -0.3 is 9.53 Å². The van der Waals surface area contributed by atoms with Gasteiger partial charge >= 0.3 is 1.43 Å². The van der Waals surface area contributed by atoms with Crippen LogP contribution in [0.4, 0.5) is 0 Å². The third-order valence-corrected chi connectivity index (χ3v) is 9.35. The smallest absolute Gasteiger partial charge is 0.436 e. The molecule has 0 aliphatic carbocycles. The lowest BCUT2D eigenvalue weighted by Gasteiger charge is -2.38. The predicted molar refractivity (Wildman–Crippen MR) is 53.3 cm³/mol. The molecule has 1 unspecified atom stereocenters. The Morgan fingerprint density at radius 3 is 2.55 bits per heavy atom. The zero-order valence-electron chi connectivity index (χ0n) is 8.47. The molecular weight excluding hydrogens is 172 g/mol. The third-order valence-electron chi connectivity index (χ3n) is 2.70. The molecule has 0 amide bonds. The lowest BCUT2D eigenvalue weighted by atomic mass is 10.2. The van der Waals surface area contributed by atoms with E-state index in [0.29, 0.717) is 0 Å². The monoisotopic (exact) mass is 191 g/mol. The van der Waals surface area contributed by atoms with Gasteiger partial charge in [0.05, 0.1) is 13.6 Å². The standard InChI is InChI=1S/C7H18O2Si2/c1-11(2)7(10-8)5-3-4-6-9-7/h8,11H,3-6,10H2,1-2H3/p+1. The first-order valence-electron chi connectivity index (χ1n) is 4.46. The van der Waals surface area contributed by atoms with Crippen LogP contribution in [0.15, 0.2) is 0 Å². The van der Waals surface area contributed by atoms with Crippen LogP contribution in [0.1, 0.15) is 20.7 Å². The Bertz CT molecular complexity index is 127. The van der Waals surface area contributed by atoms with Crippen LogP contribution in [0.2, 0.25) is 13.1 Å². The maximum Gasteiger partial charge on any atom is 1.00 e. The van der Waals surface area contributed by atoms with E-state index in [2.05, 4.69) is 13.1 Å². The van der Waals surface area contributed by atoms with Crippen molar-refractivity contribution in [1.29, 1.82) is 0 Å². The quantitative estimate of drug-likeness (QED) is 0.627. The highest BCUT2D eigenvalue weighted by Crippen LogP contribution is 2.25. The zero-order chi connectivity index (χ0) is 8.32. The first-order valence-corrected chi connectivity index (χ1v) is 8.69. The molecule has 1 heterocycles. The van der Waals surface area contributed by atoms with Crippen LogP contribution in [-0.2, 0) is 4.74 Å². The molecule has 1 atom stereocenters. The Kier molecular flexibility index (Phi) is 3.30. The maximum atomic E-state index is 9.36. The molecule has 0 aromatic rings. The van der Waals surface area contributed by atoms with Crippen LogP contribution in [0.3, 0.4) is 0 Å². The fourth-order valence-electron chi connectivity index (χ4n) is 1.64. The number of ether oxygens (including phenoxy) is 1. The molecule has 1 aliphatic heterocycles. The number of hydrogen-bond acceptors (Lipinski definition) is 2. The van der Waals surface area contributed by atoms with Crippen molar-refractivity contribution in [3.05, 3.63) is 0 Å². The first-order chi connectivity index (χ1) is 5.21. The molecule has 1 rings (SSSR count). The fourth-order valence-corrected chi connectivity index (χ4v) is 4.97. The minimum absolute atomic E-state index is 0. The molecule has 4 heteroatoms. The second-order valence-corrected chi connectivity index (χ2v) is 9.37. The Hall–Kier alpha value is 0.354. The molecule has 1 fully saturated rings. The molecule has 0 bridgehead atoms. The van der Waals surface area contributed by atoms with E-state index in [1.165, 1.54) is 12.8 Å². The van der Waals surface area contributed by atoms with Gasteiger partial charge in [-0.3, -0.25) is 0 Å². The molecule has 11 heavy (non-hydrogen) atoms. The lowest BCUT2D eigenvalue weighted by molar-refractivity contribution is 0.0247. The van der Waals surface area contributed by atoms with Crippen LogP contribution in [0, 0.1) is 0 Å². The summed E-state index contributed by atoms with van der Waals surface area (Å²) in [5.41, 5.74) is 0. The van der Waals surface area contributed by atoms with Crippen molar-refractivity contribution >= 4 is 18.6 Å². The highest BCUT2D eigenvalue weighted by Gasteiger charge is 2.36. The van der Waals surface area contributed by atoms with E-state index in [0.717, 1.165) is 13.0 Å². The summed E-state index contributed by atoms with van der Waals surface area (Å²) in [6.45, 7) is 5.46. The van der Waals surface area contributed by atoms with Crippen molar-refractivity contribution in [2.75, 3.05) is 6.61 Å². The van der Waals surface area contributed by atoms with E-state index in [-0.39, 0.29) is 6.27 Å². The van der Waals surface area contributed by atoms with Gasteiger partial charge in [0.15, 0.2) is 9.76 Å². The highest BCUT2D eigenvalue weighted by molar-refractivity contribution is 6.70. The molecule has 0 aromatic carbocycles. The molecular formula is C7H19O2Si2+. The van der Waals surface area contributed by atoms with E-state index in [1.54, 1.807) is 0 Å². The molecule has 2 nitrogen and oxygen atoms in total. The Balaban J connectivity index is 0.00000121. The molecule has 1 aliphatic rings. The van der Waals surface area contributed by atoms with E-state index < -0.39 is 18.6 Å². The summed E-state index contributed by atoms with van der Waals surface area (Å²) in [7, 11) is -1.74. The van der Waals surface area contributed by atoms with Crippen LogP contribution >= 0.6 is 0 Å². The van der Waals surface area contributed by atoms with E-state index in [4.69, 9.17) is 4.74 Å². The van der Waals surface area contributed by atoms with Gasteiger partial charge in [0.2, 0.25) is 0 Å². The average molecular weight is 191 g/mol. The Morgan fingerprint density at radius 2 is 2.27 bits per heavy atom. The van der Waals surface area contributed by atoms with E-state index in [9.17, 15) is 4.80 Å². The van der Waals surface area contributed by atoms with Gasteiger partial charge in [-0.2, -0.15) is 0 Å². The first kappa shape index (κ1) is 9.44. The van der Waals surface area contributed by atoms with Crippen molar-refractivity contribution in [2.24, 2.45) is 0 Å². The average Bonchev–Trinajstić information content (AvgIpc) is 2.05. The summed E-state index contributed by atoms with van der Waals surface area (Å²) < 4.78 is 5.75. The lowest BCUT2D eigenvalue weighted by Crippen LogP contribution is -2.52. The van der Waals surface area contributed by atoms with Crippen molar-refractivity contribution in [1.82, 2.24) is 0 Å². The summed E-state index contributed by atoms with van der Waals surface area (Å²) in [4.78, 5) is 9.41.